The Balaban J connectivity index is 2.29. The third-order valence-electron chi connectivity index (χ3n) is 3.66. The number of fused-ring (bicyclic) bond motifs is 1. The van der Waals surface area contributed by atoms with Crippen molar-refractivity contribution in [1.82, 2.24) is 5.32 Å². The molecule has 4 heteroatoms. The molecule has 0 spiro atoms. The summed E-state index contributed by atoms with van der Waals surface area (Å²) in [6.07, 6.45) is 2.34. The Morgan fingerprint density at radius 3 is 2.21 bits per heavy atom. The lowest BCUT2D eigenvalue weighted by atomic mass is 9.95. The van der Waals surface area contributed by atoms with Crippen LogP contribution in [0.3, 0.4) is 0 Å². The van der Waals surface area contributed by atoms with Gasteiger partial charge in [0.2, 0.25) is 5.91 Å². The van der Waals surface area contributed by atoms with Crippen molar-refractivity contribution in [3.8, 4) is 0 Å². The molecular formula is C15H17NO3. The molecular weight excluding hydrogens is 242 g/mol. The molecule has 0 heterocycles. The zero-order valence-corrected chi connectivity index (χ0v) is 11.1. The normalized spacial score (nSPS) is 16.8. The Bertz CT molecular complexity index is 535. The number of hydrogen-bond donors (Lipinski definition) is 2. The Kier molecular flexibility index (Phi) is 3.42. The summed E-state index contributed by atoms with van der Waals surface area (Å²) in [4.78, 5) is 23.6. The van der Waals surface area contributed by atoms with Gasteiger partial charge >= 0.3 is 5.97 Å². The van der Waals surface area contributed by atoms with E-state index in [0.29, 0.717) is 18.4 Å². The zero-order valence-electron chi connectivity index (χ0n) is 11.1. The minimum Gasteiger partial charge on any atom is -0.479 e. The van der Waals surface area contributed by atoms with Crippen molar-refractivity contribution < 1.29 is 14.7 Å². The van der Waals surface area contributed by atoms with Gasteiger partial charge in [0.25, 0.3) is 0 Å². The van der Waals surface area contributed by atoms with Crippen LogP contribution in [0, 0.1) is 0 Å². The van der Waals surface area contributed by atoms with Crippen LogP contribution < -0.4 is 5.32 Å². The topological polar surface area (TPSA) is 66.4 Å². The standard InChI is InChI=1S/C15H17NO3/c1-3-10(2)13(17)16-15(14(18)19)8-11-6-4-5-7-12(11)9-15/h3-7H,8-9H2,1-2H3,(H,16,17)(H,18,19)/b10-3+. The number of allylic oxidation sites excluding steroid dienone is 1. The lowest BCUT2D eigenvalue weighted by Crippen LogP contribution is -2.55. The first-order chi connectivity index (χ1) is 8.98. The fraction of sp³-hybridized carbons (Fsp3) is 0.333. The second-order valence-corrected chi connectivity index (χ2v) is 4.94. The molecule has 1 aromatic carbocycles. The summed E-state index contributed by atoms with van der Waals surface area (Å²) >= 11 is 0. The number of carbonyl (C=O) groups excluding carboxylic acids is 1. The first-order valence-corrected chi connectivity index (χ1v) is 6.24. The van der Waals surface area contributed by atoms with Crippen LogP contribution in [0.5, 0.6) is 0 Å². The van der Waals surface area contributed by atoms with Gasteiger partial charge in [0.1, 0.15) is 5.54 Å². The lowest BCUT2D eigenvalue weighted by Gasteiger charge is -2.25. The number of benzene rings is 1. The van der Waals surface area contributed by atoms with E-state index in [4.69, 9.17) is 0 Å². The largest absolute Gasteiger partial charge is 0.479 e. The van der Waals surface area contributed by atoms with E-state index in [0.717, 1.165) is 11.1 Å². The number of rotatable bonds is 3. The average Bonchev–Trinajstić information content (AvgIpc) is 2.76. The lowest BCUT2D eigenvalue weighted by molar-refractivity contribution is -0.146. The van der Waals surface area contributed by atoms with Gasteiger partial charge in [-0.25, -0.2) is 4.79 Å². The van der Waals surface area contributed by atoms with E-state index >= 15 is 0 Å². The second-order valence-electron chi connectivity index (χ2n) is 4.94. The minimum absolute atomic E-state index is 0.322. The summed E-state index contributed by atoms with van der Waals surface area (Å²) in [6.45, 7) is 3.43. The van der Waals surface area contributed by atoms with E-state index < -0.39 is 11.5 Å². The quantitative estimate of drug-likeness (QED) is 0.812. The van der Waals surface area contributed by atoms with E-state index in [1.54, 1.807) is 19.9 Å². The third kappa shape index (κ3) is 2.38. The molecule has 0 saturated carbocycles. The average molecular weight is 259 g/mol. The predicted octanol–water partition coefficient (Wildman–Crippen LogP) is 1.69. The van der Waals surface area contributed by atoms with Crippen LogP contribution in [0.1, 0.15) is 25.0 Å². The van der Waals surface area contributed by atoms with Crippen molar-refractivity contribution in [2.24, 2.45) is 0 Å². The number of carboxylic acids is 1. The zero-order chi connectivity index (χ0) is 14.0. The Hall–Kier alpha value is -2.10. The SMILES string of the molecule is C/C=C(\C)C(=O)NC1(C(=O)O)Cc2ccccc2C1. The molecule has 0 bridgehead atoms. The number of carbonyl (C=O) groups is 2. The first kappa shape index (κ1) is 13.3. The molecule has 0 unspecified atom stereocenters. The van der Waals surface area contributed by atoms with Gasteiger partial charge in [-0.05, 0) is 25.0 Å². The molecule has 0 radical (unpaired) electrons. The van der Waals surface area contributed by atoms with E-state index in [2.05, 4.69) is 5.32 Å². The summed E-state index contributed by atoms with van der Waals surface area (Å²) in [5.74, 6) is -1.31. The van der Waals surface area contributed by atoms with E-state index in [-0.39, 0.29) is 5.91 Å². The number of nitrogens with one attached hydrogen (secondary N) is 1. The van der Waals surface area contributed by atoms with E-state index in [1.807, 2.05) is 24.3 Å². The van der Waals surface area contributed by atoms with Crippen LogP contribution in [0.25, 0.3) is 0 Å². The van der Waals surface area contributed by atoms with Gasteiger partial charge in [0.15, 0.2) is 0 Å². The van der Waals surface area contributed by atoms with Crippen LogP contribution in [0.15, 0.2) is 35.9 Å². The second kappa shape index (κ2) is 4.88. The molecule has 1 amide bonds. The Labute approximate surface area is 112 Å². The predicted molar refractivity (Wildman–Crippen MR) is 71.8 cm³/mol. The minimum atomic E-state index is -1.22. The van der Waals surface area contributed by atoms with Gasteiger partial charge in [-0.1, -0.05) is 30.3 Å². The molecule has 1 aliphatic carbocycles. The molecule has 0 aliphatic heterocycles. The first-order valence-electron chi connectivity index (χ1n) is 6.24. The van der Waals surface area contributed by atoms with Gasteiger partial charge in [0.05, 0.1) is 0 Å². The highest BCUT2D eigenvalue weighted by atomic mass is 16.4. The molecule has 2 rings (SSSR count). The van der Waals surface area contributed by atoms with Gasteiger partial charge in [0, 0.05) is 18.4 Å². The molecule has 2 N–H and O–H groups in total. The molecule has 100 valence electrons. The maximum Gasteiger partial charge on any atom is 0.330 e. The van der Waals surface area contributed by atoms with E-state index in [9.17, 15) is 14.7 Å². The van der Waals surface area contributed by atoms with Crippen LogP contribution in [-0.2, 0) is 22.4 Å². The highest BCUT2D eigenvalue weighted by molar-refractivity contribution is 5.97. The molecule has 4 nitrogen and oxygen atoms in total. The Morgan fingerprint density at radius 2 is 1.79 bits per heavy atom. The number of hydrogen-bond acceptors (Lipinski definition) is 2. The highest BCUT2D eigenvalue weighted by Gasteiger charge is 2.45. The number of carboxylic acid groups (broad SMARTS) is 1. The summed E-state index contributed by atoms with van der Waals surface area (Å²) in [5.41, 5.74) is 1.29. The summed E-state index contributed by atoms with van der Waals surface area (Å²) < 4.78 is 0. The van der Waals surface area contributed by atoms with Crippen molar-refractivity contribution in [3.05, 3.63) is 47.0 Å². The van der Waals surface area contributed by atoms with Crippen molar-refractivity contribution in [1.29, 1.82) is 0 Å². The summed E-state index contributed by atoms with van der Waals surface area (Å²) in [5, 5.41) is 12.2. The fourth-order valence-corrected chi connectivity index (χ4v) is 2.36. The molecule has 0 fully saturated rings. The van der Waals surface area contributed by atoms with Crippen LogP contribution >= 0.6 is 0 Å². The summed E-state index contributed by atoms with van der Waals surface area (Å²) in [7, 11) is 0. The van der Waals surface area contributed by atoms with Crippen molar-refractivity contribution in [2.75, 3.05) is 0 Å². The molecule has 19 heavy (non-hydrogen) atoms. The number of aliphatic carboxylic acids is 1. The van der Waals surface area contributed by atoms with Gasteiger partial charge in [-0.2, -0.15) is 0 Å². The van der Waals surface area contributed by atoms with E-state index in [1.165, 1.54) is 0 Å². The molecule has 1 aromatic rings. The molecule has 1 aliphatic rings. The van der Waals surface area contributed by atoms with Gasteiger partial charge < -0.3 is 10.4 Å². The smallest absolute Gasteiger partial charge is 0.330 e. The molecule has 0 saturated heterocycles. The Morgan fingerprint density at radius 1 is 1.26 bits per heavy atom. The maximum absolute atomic E-state index is 11.9. The van der Waals surface area contributed by atoms with Gasteiger partial charge in [-0.15, -0.1) is 0 Å². The number of amides is 1. The summed E-state index contributed by atoms with van der Waals surface area (Å²) in [6, 6.07) is 7.59. The van der Waals surface area contributed by atoms with Crippen molar-refractivity contribution >= 4 is 11.9 Å². The monoisotopic (exact) mass is 259 g/mol. The fourth-order valence-electron chi connectivity index (χ4n) is 2.36. The highest BCUT2D eigenvalue weighted by Crippen LogP contribution is 2.30. The molecule has 0 aromatic heterocycles. The van der Waals surface area contributed by atoms with Crippen LogP contribution in [0.4, 0.5) is 0 Å². The van der Waals surface area contributed by atoms with Crippen LogP contribution in [-0.4, -0.2) is 22.5 Å². The van der Waals surface area contributed by atoms with Gasteiger partial charge in [-0.3, -0.25) is 4.79 Å². The van der Waals surface area contributed by atoms with Crippen molar-refractivity contribution in [2.45, 2.75) is 32.2 Å². The van der Waals surface area contributed by atoms with Crippen molar-refractivity contribution in [3.63, 3.8) is 0 Å². The maximum atomic E-state index is 11.9. The molecule has 0 atom stereocenters. The van der Waals surface area contributed by atoms with Crippen LogP contribution in [0.2, 0.25) is 0 Å². The third-order valence-corrected chi connectivity index (χ3v) is 3.66.